The van der Waals surface area contributed by atoms with Crippen molar-refractivity contribution in [2.24, 2.45) is 0 Å². The Balaban J connectivity index is -0.000000563. The van der Waals surface area contributed by atoms with Crippen LogP contribution in [0.15, 0.2) is 18.3 Å². The van der Waals surface area contributed by atoms with Crippen molar-refractivity contribution >= 4 is 29.3 Å². The molecule has 16 heavy (non-hydrogen) atoms. The van der Waals surface area contributed by atoms with Gasteiger partial charge in [0.25, 0.3) is 0 Å². The molecule has 0 saturated carbocycles. The van der Waals surface area contributed by atoms with Crippen LogP contribution in [0.5, 0.6) is 0 Å². The first-order valence-corrected chi connectivity index (χ1v) is 3.50. The first-order chi connectivity index (χ1) is 6.04. The summed E-state index contributed by atoms with van der Waals surface area (Å²) in [6, 6.07) is 2.10. The number of nitrogens with zero attached hydrogens (tertiary/aromatic N) is 1. The summed E-state index contributed by atoms with van der Waals surface area (Å²) in [5, 5.41) is 0. The van der Waals surface area contributed by atoms with Gasteiger partial charge in [-0.1, -0.05) is 6.07 Å². The maximum atomic E-state index is 12.0. The predicted octanol–water partition coefficient (Wildman–Crippen LogP) is -4.53. The molecule has 1 aromatic rings. The molecule has 0 bridgehead atoms. The number of pyridine rings is 1. The SMILES string of the molecule is O=CCc1ccc(C(F)(F)F)nc1.[Cl-].[Cl-].[Mg+2]. The number of carbonyl (C=O) groups is 1. The topological polar surface area (TPSA) is 30.0 Å². The van der Waals surface area contributed by atoms with Crippen molar-refractivity contribution in [3.8, 4) is 0 Å². The van der Waals surface area contributed by atoms with Crippen LogP contribution in [0.25, 0.3) is 0 Å². The Morgan fingerprint density at radius 1 is 1.25 bits per heavy atom. The van der Waals surface area contributed by atoms with Gasteiger partial charge in [-0.25, -0.2) is 0 Å². The summed E-state index contributed by atoms with van der Waals surface area (Å²) in [5.74, 6) is 0. The molecule has 1 heterocycles. The Morgan fingerprint density at radius 3 is 2.12 bits per heavy atom. The van der Waals surface area contributed by atoms with Gasteiger partial charge in [-0.15, -0.1) is 0 Å². The molecule has 0 aliphatic rings. The predicted molar refractivity (Wildman–Crippen MR) is 44.8 cm³/mol. The third-order valence-electron chi connectivity index (χ3n) is 1.43. The largest absolute Gasteiger partial charge is 2.00 e. The second kappa shape index (κ2) is 9.04. The average Bonchev–Trinajstić information content (AvgIpc) is 2.04. The summed E-state index contributed by atoms with van der Waals surface area (Å²) in [6.07, 6.45) is -2.66. The smallest absolute Gasteiger partial charge is 1.00 e. The van der Waals surface area contributed by atoms with Gasteiger partial charge in [0.15, 0.2) is 0 Å². The number of aldehydes is 1. The molecule has 2 nitrogen and oxygen atoms in total. The summed E-state index contributed by atoms with van der Waals surface area (Å²) in [4.78, 5) is 13.2. The van der Waals surface area contributed by atoms with Crippen LogP contribution in [-0.2, 0) is 17.4 Å². The van der Waals surface area contributed by atoms with Gasteiger partial charge in [-0.05, 0) is 11.6 Å². The molecule has 0 atom stereocenters. The molecule has 0 unspecified atom stereocenters. The van der Waals surface area contributed by atoms with E-state index in [0.717, 1.165) is 12.3 Å². The molecule has 86 valence electrons. The molecule has 1 rings (SSSR count). The molecule has 0 aliphatic heterocycles. The molecule has 0 amide bonds. The molecule has 0 saturated heterocycles. The van der Waals surface area contributed by atoms with E-state index >= 15 is 0 Å². The zero-order valence-electron chi connectivity index (χ0n) is 7.97. The maximum Gasteiger partial charge on any atom is 2.00 e. The monoisotopic (exact) mass is 283 g/mol. The van der Waals surface area contributed by atoms with E-state index in [4.69, 9.17) is 0 Å². The van der Waals surface area contributed by atoms with E-state index in [-0.39, 0.29) is 54.3 Å². The van der Waals surface area contributed by atoms with Gasteiger partial charge in [0, 0.05) is 12.6 Å². The summed E-state index contributed by atoms with van der Waals surface area (Å²) in [7, 11) is 0. The van der Waals surface area contributed by atoms with Crippen LogP contribution in [0.4, 0.5) is 13.2 Å². The fraction of sp³-hybridized carbons (Fsp3) is 0.250. The molecule has 0 N–H and O–H groups in total. The van der Waals surface area contributed by atoms with Crippen LogP contribution >= 0.6 is 0 Å². The van der Waals surface area contributed by atoms with Crippen molar-refractivity contribution in [2.45, 2.75) is 12.6 Å². The number of carbonyl (C=O) groups excluding carboxylic acids is 1. The van der Waals surface area contributed by atoms with Crippen molar-refractivity contribution in [2.75, 3.05) is 0 Å². The van der Waals surface area contributed by atoms with Crippen LogP contribution in [0.3, 0.4) is 0 Å². The summed E-state index contributed by atoms with van der Waals surface area (Å²) in [6.45, 7) is 0. The molecular formula is C8H6Cl2F3MgNO. The molecular weight excluding hydrogens is 278 g/mol. The van der Waals surface area contributed by atoms with Crippen LogP contribution in [0, 0.1) is 0 Å². The Kier molecular flexibility index (Phi) is 12.0. The first-order valence-electron chi connectivity index (χ1n) is 3.50. The molecule has 0 spiro atoms. The minimum atomic E-state index is -4.42. The fourth-order valence-electron chi connectivity index (χ4n) is 0.809. The van der Waals surface area contributed by atoms with Crippen molar-refractivity contribution in [1.29, 1.82) is 0 Å². The summed E-state index contributed by atoms with van der Waals surface area (Å²) < 4.78 is 35.9. The zero-order valence-corrected chi connectivity index (χ0v) is 10.9. The second-order valence-corrected chi connectivity index (χ2v) is 2.42. The summed E-state index contributed by atoms with van der Waals surface area (Å²) in [5.41, 5.74) is -0.467. The number of hydrogen-bond donors (Lipinski definition) is 0. The van der Waals surface area contributed by atoms with E-state index in [0.29, 0.717) is 11.8 Å². The van der Waals surface area contributed by atoms with Crippen molar-refractivity contribution in [1.82, 2.24) is 4.98 Å². The minimum absolute atomic E-state index is 0. The number of rotatable bonds is 2. The number of aromatic nitrogens is 1. The number of hydrogen-bond acceptors (Lipinski definition) is 2. The van der Waals surface area contributed by atoms with Gasteiger partial charge in [-0.3, -0.25) is 4.98 Å². The quantitative estimate of drug-likeness (QED) is 0.405. The van der Waals surface area contributed by atoms with Crippen LogP contribution < -0.4 is 24.8 Å². The van der Waals surface area contributed by atoms with Gasteiger partial charge >= 0.3 is 29.2 Å². The number of alkyl halides is 3. The normalized spacial score (nSPS) is 9.19. The molecule has 0 radical (unpaired) electrons. The standard InChI is InChI=1S/C8H6F3NO.2ClH.Mg/c9-8(10,11)7-2-1-6(3-4-13)5-12-7;;;/h1-2,4-5H,3H2;2*1H;/q;;;+2/p-2. The van der Waals surface area contributed by atoms with E-state index in [9.17, 15) is 18.0 Å². The first kappa shape index (κ1) is 21.3. The van der Waals surface area contributed by atoms with E-state index in [1.165, 1.54) is 6.07 Å². The van der Waals surface area contributed by atoms with Crippen LogP contribution in [-0.4, -0.2) is 34.3 Å². The van der Waals surface area contributed by atoms with Gasteiger partial charge in [-0.2, -0.15) is 13.2 Å². The molecule has 0 aliphatic carbocycles. The van der Waals surface area contributed by atoms with Gasteiger partial charge in [0.2, 0.25) is 0 Å². The Hall–Kier alpha value is -0.0438. The third-order valence-corrected chi connectivity index (χ3v) is 1.43. The molecule has 0 aromatic carbocycles. The van der Waals surface area contributed by atoms with Crippen molar-refractivity contribution in [3.63, 3.8) is 0 Å². The van der Waals surface area contributed by atoms with Crippen molar-refractivity contribution in [3.05, 3.63) is 29.6 Å². The van der Waals surface area contributed by atoms with Crippen molar-refractivity contribution < 1.29 is 42.8 Å². The third kappa shape index (κ3) is 6.52. The Morgan fingerprint density at radius 2 is 1.81 bits per heavy atom. The minimum Gasteiger partial charge on any atom is -1.00 e. The Bertz CT molecular complexity index is 305. The number of halogens is 5. The van der Waals surface area contributed by atoms with E-state index in [2.05, 4.69) is 4.98 Å². The van der Waals surface area contributed by atoms with Gasteiger partial charge in [0.1, 0.15) is 12.0 Å². The zero-order chi connectivity index (χ0) is 9.90. The maximum absolute atomic E-state index is 12.0. The molecule has 0 fully saturated rings. The van der Waals surface area contributed by atoms with Gasteiger partial charge < -0.3 is 29.6 Å². The van der Waals surface area contributed by atoms with Crippen LogP contribution in [0.2, 0.25) is 0 Å². The molecule has 1 aromatic heterocycles. The second-order valence-electron chi connectivity index (χ2n) is 2.42. The van der Waals surface area contributed by atoms with E-state index in [1.54, 1.807) is 0 Å². The summed E-state index contributed by atoms with van der Waals surface area (Å²) >= 11 is 0. The fourth-order valence-corrected chi connectivity index (χ4v) is 0.809. The van der Waals surface area contributed by atoms with E-state index < -0.39 is 11.9 Å². The average molecular weight is 284 g/mol. The Labute approximate surface area is 119 Å². The van der Waals surface area contributed by atoms with Crippen LogP contribution in [0.1, 0.15) is 11.3 Å². The molecule has 8 heteroatoms. The van der Waals surface area contributed by atoms with E-state index in [1.807, 2.05) is 0 Å². The van der Waals surface area contributed by atoms with Gasteiger partial charge in [0.05, 0.1) is 0 Å².